The van der Waals surface area contributed by atoms with E-state index in [0.717, 1.165) is 11.8 Å². The number of nitrogens with zero attached hydrogens (tertiary/aromatic N) is 1. The molecule has 0 spiro atoms. The molecule has 0 aromatic carbocycles. The highest BCUT2D eigenvalue weighted by Gasteiger charge is 2.26. The van der Waals surface area contributed by atoms with Gasteiger partial charge in [0.2, 0.25) is 0 Å². The normalized spacial score (nSPS) is 21.1. The second-order valence-corrected chi connectivity index (χ2v) is 6.55. The Morgan fingerprint density at radius 2 is 1.89 bits per heavy atom. The molecule has 0 heterocycles. The average molecular weight is 252 g/mol. The number of hydrogen-bond acceptors (Lipinski definition) is 0. The molecule has 106 valence electrons. The minimum atomic E-state index is 0.924. The molecule has 0 N–H and O–H groups in total. The van der Waals surface area contributed by atoms with E-state index in [1.54, 1.807) is 0 Å². The summed E-state index contributed by atoms with van der Waals surface area (Å²) in [6.07, 6.45) is 13.1. The Kier molecular flexibility index (Phi) is 6.99. The summed E-state index contributed by atoms with van der Waals surface area (Å²) in [5, 5.41) is 0. The third-order valence-electron chi connectivity index (χ3n) is 4.75. The summed E-state index contributed by atoms with van der Waals surface area (Å²) in [7, 11) is 2.41. The molecule has 0 saturated heterocycles. The summed E-state index contributed by atoms with van der Waals surface area (Å²) >= 11 is 0. The lowest BCUT2D eigenvalue weighted by molar-refractivity contribution is -0.907. The van der Waals surface area contributed by atoms with Gasteiger partial charge in [-0.05, 0) is 44.4 Å². The van der Waals surface area contributed by atoms with Crippen LogP contribution in [-0.4, -0.2) is 31.2 Å². The number of allylic oxidation sites excluding steroid dienone is 1. The molecule has 0 aromatic rings. The maximum Gasteiger partial charge on any atom is 0.0819 e. The number of quaternary nitrogens is 1. The molecule has 1 rings (SSSR count). The van der Waals surface area contributed by atoms with Crippen molar-refractivity contribution in [3.05, 3.63) is 12.2 Å². The summed E-state index contributed by atoms with van der Waals surface area (Å²) in [5.41, 5.74) is 0. The van der Waals surface area contributed by atoms with Crippen LogP contribution in [0.15, 0.2) is 12.2 Å². The molecule has 1 aliphatic carbocycles. The van der Waals surface area contributed by atoms with Gasteiger partial charge in [-0.2, -0.15) is 0 Å². The lowest BCUT2D eigenvalue weighted by Gasteiger charge is -2.33. The molecule has 1 fully saturated rings. The van der Waals surface area contributed by atoms with Crippen molar-refractivity contribution in [1.29, 1.82) is 0 Å². The van der Waals surface area contributed by atoms with Crippen molar-refractivity contribution in [2.24, 2.45) is 11.8 Å². The Labute approximate surface area is 115 Å². The smallest absolute Gasteiger partial charge is 0.0819 e. The number of hydrogen-bond donors (Lipinski definition) is 0. The zero-order chi connectivity index (χ0) is 13.4. The van der Waals surface area contributed by atoms with E-state index in [0.29, 0.717) is 0 Å². The summed E-state index contributed by atoms with van der Waals surface area (Å²) in [6, 6.07) is 0. The Morgan fingerprint density at radius 1 is 1.17 bits per heavy atom. The molecule has 2 unspecified atom stereocenters. The van der Waals surface area contributed by atoms with Gasteiger partial charge in [0.15, 0.2) is 0 Å². The van der Waals surface area contributed by atoms with Crippen LogP contribution in [0.4, 0.5) is 0 Å². The lowest BCUT2D eigenvalue weighted by atomic mass is 10.0. The van der Waals surface area contributed by atoms with Crippen molar-refractivity contribution >= 4 is 0 Å². The van der Waals surface area contributed by atoms with Crippen molar-refractivity contribution < 1.29 is 4.48 Å². The molecule has 0 aromatic heterocycles. The molecule has 0 radical (unpaired) electrons. The molecule has 1 heteroatoms. The first-order chi connectivity index (χ1) is 8.61. The van der Waals surface area contributed by atoms with Crippen LogP contribution < -0.4 is 0 Å². The predicted octanol–water partition coefficient (Wildman–Crippen LogP) is 4.64. The fourth-order valence-corrected chi connectivity index (χ4v) is 2.64. The van der Waals surface area contributed by atoms with Gasteiger partial charge in [0.25, 0.3) is 0 Å². The summed E-state index contributed by atoms with van der Waals surface area (Å²) in [5.74, 6) is 1.98. The third kappa shape index (κ3) is 6.04. The maximum absolute atomic E-state index is 2.43. The van der Waals surface area contributed by atoms with Crippen LogP contribution in [-0.2, 0) is 0 Å². The Bertz CT molecular complexity index is 242. The highest BCUT2D eigenvalue weighted by Crippen LogP contribution is 2.38. The summed E-state index contributed by atoms with van der Waals surface area (Å²) in [4.78, 5) is 0. The van der Waals surface area contributed by atoms with Gasteiger partial charge in [-0.1, -0.05) is 32.4 Å². The summed E-state index contributed by atoms with van der Waals surface area (Å²) < 4.78 is 1.25. The van der Waals surface area contributed by atoms with Gasteiger partial charge in [0, 0.05) is 6.42 Å². The predicted molar refractivity (Wildman–Crippen MR) is 81.6 cm³/mol. The van der Waals surface area contributed by atoms with Crippen LogP contribution in [0.25, 0.3) is 0 Å². The minimum absolute atomic E-state index is 0.924. The molecule has 0 aliphatic heterocycles. The van der Waals surface area contributed by atoms with Crippen LogP contribution >= 0.6 is 0 Å². The van der Waals surface area contributed by atoms with E-state index in [9.17, 15) is 0 Å². The SMILES string of the molecule is CCCC[N+](C)(CC)CCC=CCC(C)C1CC1. The van der Waals surface area contributed by atoms with Gasteiger partial charge in [0.05, 0.1) is 26.7 Å². The Hall–Kier alpha value is -0.300. The molecule has 1 nitrogen and oxygen atoms in total. The Morgan fingerprint density at radius 3 is 2.44 bits per heavy atom. The van der Waals surface area contributed by atoms with Gasteiger partial charge in [-0.25, -0.2) is 0 Å². The van der Waals surface area contributed by atoms with E-state index >= 15 is 0 Å². The van der Waals surface area contributed by atoms with Crippen molar-refractivity contribution in [3.8, 4) is 0 Å². The quantitative estimate of drug-likeness (QED) is 0.392. The maximum atomic E-state index is 2.43. The van der Waals surface area contributed by atoms with E-state index in [1.807, 2.05) is 0 Å². The average Bonchev–Trinajstić information content (AvgIpc) is 3.20. The highest BCUT2D eigenvalue weighted by atomic mass is 15.3. The van der Waals surface area contributed by atoms with E-state index < -0.39 is 0 Å². The van der Waals surface area contributed by atoms with E-state index in [1.165, 1.54) is 62.6 Å². The first-order valence-corrected chi connectivity index (χ1v) is 8.10. The lowest BCUT2D eigenvalue weighted by Crippen LogP contribution is -2.45. The minimum Gasteiger partial charge on any atom is -0.326 e. The van der Waals surface area contributed by atoms with E-state index in [4.69, 9.17) is 0 Å². The van der Waals surface area contributed by atoms with E-state index in [2.05, 4.69) is 40.0 Å². The molecule has 0 amide bonds. The van der Waals surface area contributed by atoms with E-state index in [-0.39, 0.29) is 0 Å². The second kappa shape index (κ2) is 7.99. The van der Waals surface area contributed by atoms with Gasteiger partial charge in [0.1, 0.15) is 0 Å². The van der Waals surface area contributed by atoms with Crippen LogP contribution in [0.5, 0.6) is 0 Å². The number of rotatable bonds is 10. The fourth-order valence-electron chi connectivity index (χ4n) is 2.64. The topological polar surface area (TPSA) is 0 Å². The molecular formula is C17H34N+. The number of unbranched alkanes of at least 4 members (excludes halogenated alkanes) is 1. The first-order valence-electron chi connectivity index (χ1n) is 8.10. The molecule has 1 aliphatic rings. The second-order valence-electron chi connectivity index (χ2n) is 6.55. The van der Waals surface area contributed by atoms with Gasteiger partial charge in [-0.15, -0.1) is 0 Å². The molecule has 18 heavy (non-hydrogen) atoms. The van der Waals surface area contributed by atoms with Gasteiger partial charge >= 0.3 is 0 Å². The zero-order valence-electron chi connectivity index (χ0n) is 13.1. The standard InChI is InChI=1S/C17H34N/c1-5-7-14-18(4,6-2)15-10-8-9-11-16(3)17-12-13-17/h8-9,16-17H,5-7,10-15H2,1-4H3/q+1. The zero-order valence-corrected chi connectivity index (χ0v) is 13.1. The van der Waals surface area contributed by atoms with Crippen molar-refractivity contribution in [1.82, 2.24) is 0 Å². The molecular weight excluding hydrogens is 218 g/mol. The van der Waals surface area contributed by atoms with Crippen LogP contribution in [0.1, 0.15) is 59.3 Å². The van der Waals surface area contributed by atoms with Crippen LogP contribution in [0.3, 0.4) is 0 Å². The van der Waals surface area contributed by atoms with Crippen molar-refractivity contribution in [2.75, 3.05) is 26.7 Å². The first kappa shape index (κ1) is 15.8. The molecule has 0 bridgehead atoms. The van der Waals surface area contributed by atoms with Gasteiger partial charge in [-0.3, -0.25) is 0 Å². The van der Waals surface area contributed by atoms with Crippen molar-refractivity contribution in [3.63, 3.8) is 0 Å². The molecule has 1 saturated carbocycles. The summed E-state index contributed by atoms with van der Waals surface area (Å²) in [6.45, 7) is 11.0. The van der Waals surface area contributed by atoms with Crippen molar-refractivity contribution in [2.45, 2.75) is 59.3 Å². The Balaban J connectivity index is 2.15. The van der Waals surface area contributed by atoms with Gasteiger partial charge < -0.3 is 4.48 Å². The largest absolute Gasteiger partial charge is 0.326 e. The monoisotopic (exact) mass is 252 g/mol. The molecule has 2 atom stereocenters. The highest BCUT2D eigenvalue weighted by molar-refractivity contribution is 4.88. The third-order valence-corrected chi connectivity index (χ3v) is 4.75. The van der Waals surface area contributed by atoms with Crippen LogP contribution in [0, 0.1) is 11.8 Å². The van der Waals surface area contributed by atoms with Crippen LogP contribution in [0.2, 0.25) is 0 Å². The fraction of sp³-hybridized carbons (Fsp3) is 0.882.